The zero-order chi connectivity index (χ0) is 14.5. The number of nitriles is 1. The smallest absolute Gasteiger partial charge is 0.122 e. The average molecular weight is 263 g/mol. The number of hydrogen-bond donors (Lipinski definition) is 1. The van der Waals surface area contributed by atoms with Gasteiger partial charge in [-0.25, -0.2) is 4.98 Å². The largest absolute Gasteiger partial charge is 0.337 e. The molecule has 0 amide bonds. The quantitative estimate of drug-likeness (QED) is 0.810. The molecule has 1 N–H and O–H groups in total. The Bertz CT molecular complexity index is 433. The van der Waals surface area contributed by atoms with E-state index in [1.54, 1.807) is 0 Å². The molecule has 2 atom stereocenters. The molecule has 0 aromatic carbocycles. The van der Waals surface area contributed by atoms with Crippen LogP contribution in [0.5, 0.6) is 0 Å². The lowest BCUT2D eigenvalue weighted by Gasteiger charge is -2.31. The predicted molar refractivity (Wildman–Crippen MR) is 76.4 cm³/mol. The van der Waals surface area contributed by atoms with Gasteiger partial charge in [0.25, 0.3) is 0 Å². The first-order valence-corrected chi connectivity index (χ1v) is 6.74. The second-order valence-corrected chi connectivity index (χ2v) is 5.40. The third kappa shape index (κ3) is 4.34. The fourth-order valence-corrected chi connectivity index (χ4v) is 2.22. The summed E-state index contributed by atoms with van der Waals surface area (Å²) in [5, 5.41) is 12.6. The SMILES string of the molecule is CCNC(C)(C#N)CC(C)N(C)Cc1nccn1C. The van der Waals surface area contributed by atoms with Crippen LogP contribution in [0.3, 0.4) is 0 Å². The van der Waals surface area contributed by atoms with Crippen molar-refractivity contribution in [1.82, 2.24) is 19.8 Å². The van der Waals surface area contributed by atoms with Gasteiger partial charge in [-0.15, -0.1) is 0 Å². The molecule has 0 aliphatic rings. The highest BCUT2D eigenvalue weighted by Gasteiger charge is 2.27. The van der Waals surface area contributed by atoms with E-state index in [4.69, 9.17) is 0 Å². The van der Waals surface area contributed by atoms with Crippen LogP contribution in [0.25, 0.3) is 0 Å². The molecule has 0 saturated carbocycles. The van der Waals surface area contributed by atoms with Gasteiger partial charge in [0, 0.05) is 25.5 Å². The van der Waals surface area contributed by atoms with Crippen molar-refractivity contribution < 1.29 is 0 Å². The fraction of sp³-hybridized carbons (Fsp3) is 0.714. The Morgan fingerprint density at radius 1 is 1.63 bits per heavy atom. The molecular weight excluding hydrogens is 238 g/mol. The number of hydrogen-bond acceptors (Lipinski definition) is 4. The van der Waals surface area contributed by atoms with Gasteiger partial charge in [-0.05, 0) is 33.9 Å². The topological polar surface area (TPSA) is 56.9 Å². The van der Waals surface area contributed by atoms with Crippen LogP contribution in [0, 0.1) is 11.3 Å². The molecule has 2 unspecified atom stereocenters. The summed E-state index contributed by atoms with van der Waals surface area (Å²) in [4.78, 5) is 6.56. The molecule has 0 saturated heterocycles. The van der Waals surface area contributed by atoms with Crippen molar-refractivity contribution in [2.24, 2.45) is 7.05 Å². The zero-order valence-corrected chi connectivity index (χ0v) is 12.6. The second-order valence-electron chi connectivity index (χ2n) is 5.40. The van der Waals surface area contributed by atoms with E-state index in [0.717, 1.165) is 25.3 Å². The Kier molecular flexibility index (Phi) is 5.52. The summed E-state index contributed by atoms with van der Waals surface area (Å²) in [6.07, 6.45) is 4.55. The van der Waals surface area contributed by atoms with E-state index >= 15 is 0 Å². The minimum Gasteiger partial charge on any atom is -0.337 e. The van der Waals surface area contributed by atoms with E-state index in [9.17, 15) is 5.26 Å². The molecule has 1 rings (SSSR count). The van der Waals surface area contributed by atoms with E-state index in [2.05, 4.69) is 35.2 Å². The molecule has 5 nitrogen and oxygen atoms in total. The van der Waals surface area contributed by atoms with Gasteiger partial charge < -0.3 is 4.57 Å². The Morgan fingerprint density at radius 2 is 2.32 bits per heavy atom. The monoisotopic (exact) mass is 263 g/mol. The molecule has 1 heterocycles. The molecule has 5 heteroatoms. The molecule has 19 heavy (non-hydrogen) atoms. The van der Waals surface area contributed by atoms with Gasteiger partial charge in [0.1, 0.15) is 11.4 Å². The van der Waals surface area contributed by atoms with E-state index in [0.29, 0.717) is 6.04 Å². The Hall–Kier alpha value is -1.38. The van der Waals surface area contributed by atoms with Gasteiger partial charge in [0.2, 0.25) is 0 Å². The summed E-state index contributed by atoms with van der Waals surface area (Å²) >= 11 is 0. The number of aryl methyl sites for hydroxylation is 1. The van der Waals surface area contributed by atoms with Gasteiger partial charge in [-0.2, -0.15) is 5.26 Å². The molecule has 1 aromatic rings. The van der Waals surface area contributed by atoms with Crippen LogP contribution in [0.15, 0.2) is 12.4 Å². The van der Waals surface area contributed by atoms with Crippen molar-refractivity contribution in [3.05, 3.63) is 18.2 Å². The van der Waals surface area contributed by atoms with E-state index in [1.807, 2.05) is 37.9 Å². The standard InChI is InChI=1S/C14H25N5/c1-6-17-14(3,11-15)9-12(2)19(5)10-13-16-7-8-18(13)4/h7-8,12,17H,6,9-10H2,1-5H3. The van der Waals surface area contributed by atoms with Crippen molar-refractivity contribution in [3.8, 4) is 6.07 Å². The maximum Gasteiger partial charge on any atom is 0.122 e. The molecule has 0 aliphatic heterocycles. The van der Waals surface area contributed by atoms with Gasteiger partial charge >= 0.3 is 0 Å². The number of nitrogens with one attached hydrogen (secondary N) is 1. The highest BCUT2D eigenvalue weighted by molar-refractivity contribution is 5.05. The van der Waals surface area contributed by atoms with Crippen molar-refractivity contribution >= 4 is 0 Å². The van der Waals surface area contributed by atoms with Gasteiger partial charge in [-0.3, -0.25) is 10.2 Å². The first kappa shape index (κ1) is 15.7. The van der Waals surface area contributed by atoms with Crippen LogP contribution in [-0.2, 0) is 13.6 Å². The first-order valence-electron chi connectivity index (χ1n) is 6.74. The molecule has 0 aliphatic carbocycles. The number of rotatable bonds is 7. The summed E-state index contributed by atoms with van der Waals surface area (Å²) in [5.74, 6) is 1.04. The first-order chi connectivity index (χ1) is 8.91. The van der Waals surface area contributed by atoms with Crippen molar-refractivity contribution in [2.75, 3.05) is 13.6 Å². The third-order valence-corrected chi connectivity index (χ3v) is 3.58. The van der Waals surface area contributed by atoms with E-state index in [1.165, 1.54) is 0 Å². The minimum absolute atomic E-state index is 0.306. The van der Waals surface area contributed by atoms with Crippen LogP contribution in [0.4, 0.5) is 0 Å². The number of imidazole rings is 1. The van der Waals surface area contributed by atoms with Crippen molar-refractivity contribution in [1.29, 1.82) is 5.26 Å². The number of aromatic nitrogens is 2. The zero-order valence-electron chi connectivity index (χ0n) is 12.6. The van der Waals surface area contributed by atoms with Crippen LogP contribution < -0.4 is 5.32 Å². The molecule has 0 radical (unpaired) electrons. The van der Waals surface area contributed by atoms with Gasteiger partial charge in [-0.1, -0.05) is 6.92 Å². The van der Waals surface area contributed by atoms with Crippen LogP contribution in [0.1, 0.15) is 33.0 Å². The van der Waals surface area contributed by atoms with E-state index in [-0.39, 0.29) is 0 Å². The van der Waals surface area contributed by atoms with Crippen LogP contribution >= 0.6 is 0 Å². The molecule has 0 spiro atoms. The summed E-state index contributed by atoms with van der Waals surface area (Å²) in [6, 6.07) is 2.68. The summed E-state index contributed by atoms with van der Waals surface area (Å²) in [6.45, 7) is 7.73. The Balaban J connectivity index is 2.60. The maximum absolute atomic E-state index is 9.30. The maximum atomic E-state index is 9.30. The predicted octanol–water partition coefficient (Wildman–Crippen LogP) is 1.52. The second kappa shape index (κ2) is 6.69. The lowest BCUT2D eigenvalue weighted by molar-refractivity contribution is 0.201. The highest BCUT2D eigenvalue weighted by atomic mass is 15.2. The van der Waals surface area contributed by atoms with Gasteiger partial charge in [0.05, 0.1) is 12.6 Å². The summed E-state index contributed by atoms with van der Waals surface area (Å²) in [5.41, 5.74) is -0.468. The third-order valence-electron chi connectivity index (χ3n) is 3.58. The lowest BCUT2D eigenvalue weighted by Crippen LogP contribution is -2.46. The summed E-state index contributed by atoms with van der Waals surface area (Å²) < 4.78 is 2.02. The molecule has 1 aromatic heterocycles. The lowest BCUT2D eigenvalue weighted by atomic mass is 9.94. The fourth-order valence-electron chi connectivity index (χ4n) is 2.22. The average Bonchev–Trinajstić information content (AvgIpc) is 2.75. The van der Waals surface area contributed by atoms with Crippen molar-refractivity contribution in [2.45, 2.75) is 45.3 Å². The van der Waals surface area contributed by atoms with Crippen LogP contribution in [-0.4, -0.2) is 39.6 Å². The highest BCUT2D eigenvalue weighted by Crippen LogP contribution is 2.16. The van der Waals surface area contributed by atoms with Crippen LogP contribution in [0.2, 0.25) is 0 Å². The Labute approximate surface area is 116 Å². The molecule has 106 valence electrons. The van der Waals surface area contributed by atoms with Gasteiger partial charge in [0.15, 0.2) is 0 Å². The molecular formula is C14H25N5. The number of nitrogens with zero attached hydrogens (tertiary/aromatic N) is 4. The summed E-state index contributed by atoms with van der Waals surface area (Å²) in [7, 11) is 4.07. The normalized spacial score (nSPS) is 16.1. The van der Waals surface area contributed by atoms with E-state index < -0.39 is 5.54 Å². The molecule has 0 bridgehead atoms. The minimum atomic E-state index is -0.468. The van der Waals surface area contributed by atoms with Crippen molar-refractivity contribution in [3.63, 3.8) is 0 Å². The molecule has 0 fully saturated rings. The Morgan fingerprint density at radius 3 is 2.79 bits per heavy atom.